The summed E-state index contributed by atoms with van der Waals surface area (Å²) in [5, 5.41) is 2.91. The van der Waals surface area contributed by atoms with E-state index in [9.17, 15) is 9.18 Å². The van der Waals surface area contributed by atoms with Crippen LogP contribution in [0.3, 0.4) is 0 Å². The third-order valence-corrected chi connectivity index (χ3v) is 4.51. The number of hydrogen-bond acceptors (Lipinski definition) is 4. The van der Waals surface area contributed by atoms with Gasteiger partial charge in [0.05, 0.1) is 6.54 Å². The molecular formula is C20H21FN2O3. The van der Waals surface area contributed by atoms with Crippen molar-refractivity contribution in [2.45, 2.75) is 25.4 Å². The fraction of sp³-hybridized carbons (Fsp3) is 0.350. The van der Waals surface area contributed by atoms with Crippen LogP contribution in [0.25, 0.3) is 0 Å². The number of nitrogens with zero attached hydrogens (tertiary/aromatic N) is 1. The Morgan fingerprint density at radius 1 is 1.12 bits per heavy atom. The zero-order chi connectivity index (χ0) is 17.9. The molecular weight excluding hydrogens is 335 g/mol. The molecule has 2 aliphatic rings. The maximum absolute atomic E-state index is 13.4. The average molecular weight is 356 g/mol. The lowest BCUT2D eigenvalue weighted by atomic mass is 10.2. The van der Waals surface area contributed by atoms with E-state index < -0.39 is 0 Å². The predicted octanol–water partition coefficient (Wildman–Crippen LogP) is 3.20. The highest BCUT2D eigenvalue weighted by molar-refractivity contribution is 5.92. The van der Waals surface area contributed by atoms with Gasteiger partial charge in [-0.15, -0.1) is 0 Å². The monoisotopic (exact) mass is 356 g/mol. The fourth-order valence-corrected chi connectivity index (χ4v) is 3.13. The van der Waals surface area contributed by atoms with Gasteiger partial charge in [-0.25, -0.2) is 4.39 Å². The van der Waals surface area contributed by atoms with Crippen LogP contribution in [0.5, 0.6) is 11.5 Å². The maximum atomic E-state index is 13.4. The Hall–Kier alpha value is -2.60. The average Bonchev–Trinajstić information content (AvgIpc) is 3.46. The number of hydrogen-bond donors (Lipinski definition) is 1. The second-order valence-electron chi connectivity index (χ2n) is 6.67. The molecule has 0 spiro atoms. The van der Waals surface area contributed by atoms with Crippen molar-refractivity contribution in [1.29, 1.82) is 0 Å². The van der Waals surface area contributed by atoms with Crippen molar-refractivity contribution < 1.29 is 18.7 Å². The Morgan fingerprint density at radius 3 is 2.69 bits per heavy atom. The summed E-state index contributed by atoms with van der Waals surface area (Å²) in [4.78, 5) is 14.6. The maximum Gasteiger partial charge on any atom is 0.238 e. The van der Waals surface area contributed by atoms with E-state index in [1.165, 1.54) is 12.1 Å². The molecule has 26 heavy (non-hydrogen) atoms. The van der Waals surface area contributed by atoms with Gasteiger partial charge in [-0.3, -0.25) is 9.69 Å². The second kappa shape index (κ2) is 7.33. The summed E-state index contributed by atoms with van der Waals surface area (Å²) in [6.45, 7) is 1.88. The SMILES string of the molecule is O=C(CN(Cc1cccc(F)c1)C1CC1)Nc1ccc2c(c1)OCCO2. The molecule has 0 bridgehead atoms. The minimum atomic E-state index is -0.251. The summed E-state index contributed by atoms with van der Waals surface area (Å²) < 4.78 is 24.4. The molecule has 1 heterocycles. The highest BCUT2D eigenvalue weighted by Crippen LogP contribution is 2.33. The van der Waals surface area contributed by atoms with Gasteiger partial charge in [0.25, 0.3) is 0 Å². The first-order valence-electron chi connectivity index (χ1n) is 8.85. The number of ether oxygens (including phenoxy) is 2. The molecule has 5 nitrogen and oxygen atoms in total. The van der Waals surface area contributed by atoms with Gasteiger partial charge >= 0.3 is 0 Å². The Bertz CT molecular complexity index is 807. The number of amides is 1. The van der Waals surface area contributed by atoms with E-state index >= 15 is 0 Å². The van der Waals surface area contributed by atoms with E-state index in [1.54, 1.807) is 24.3 Å². The van der Waals surface area contributed by atoms with Crippen molar-refractivity contribution >= 4 is 11.6 Å². The number of rotatable bonds is 6. The van der Waals surface area contributed by atoms with E-state index in [0.717, 1.165) is 18.4 Å². The molecule has 1 aliphatic heterocycles. The smallest absolute Gasteiger partial charge is 0.238 e. The molecule has 0 unspecified atom stereocenters. The van der Waals surface area contributed by atoms with Gasteiger partial charge in [-0.2, -0.15) is 0 Å². The number of carbonyl (C=O) groups excluding carboxylic acids is 1. The summed E-state index contributed by atoms with van der Waals surface area (Å²) in [5.74, 6) is 0.997. The molecule has 0 radical (unpaired) electrons. The number of nitrogens with one attached hydrogen (secondary N) is 1. The first-order valence-corrected chi connectivity index (χ1v) is 8.85. The van der Waals surface area contributed by atoms with Crippen molar-refractivity contribution in [3.8, 4) is 11.5 Å². The Kier molecular flexibility index (Phi) is 4.75. The van der Waals surface area contributed by atoms with Crippen LogP contribution in [0.15, 0.2) is 42.5 Å². The van der Waals surface area contributed by atoms with Gasteiger partial charge in [0.15, 0.2) is 11.5 Å². The topological polar surface area (TPSA) is 50.8 Å². The number of halogens is 1. The first-order chi connectivity index (χ1) is 12.7. The van der Waals surface area contributed by atoms with Crippen LogP contribution in [0.4, 0.5) is 10.1 Å². The molecule has 1 N–H and O–H groups in total. The minimum Gasteiger partial charge on any atom is -0.486 e. The minimum absolute atomic E-state index is 0.0926. The summed E-state index contributed by atoms with van der Waals surface area (Å²) in [7, 11) is 0. The molecule has 1 fully saturated rings. The molecule has 4 rings (SSSR count). The molecule has 2 aromatic rings. The summed E-state index contributed by atoms with van der Waals surface area (Å²) >= 11 is 0. The molecule has 136 valence electrons. The Morgan fingerprint density at radius 2 is 1.92 bits per heavy atom. The third-order valence-electron chi connectivity index (χ3n) is 4.51. The molecule has 1 amide bonds. The van der Waals surface area contributed by atoms with Crippen molar-refractivity contribution in [2.75, 3.05) is 25.1 Å². The van der Waals surface area contributed by atoms with Crippen LogP contribution in [-0.4, -0.2) is 36.6 Å². The van der Waals surface area contributed by atoms with Gasteiger partial charge in [0.1, 0.15) is 19.0 Å². The molecule has 1 aliphatic carbocycles. The normalized spacial score (nSPS) is 15.8. The van der Waals surface area contributed by atoms with E-state index in [1.807, 2.05) is 6.07 Å². The van der Waals surface area contributed by atoms with Crippen LogP contribution < -0.4 is 14.8 Å². The summed E-state index contributed by atoms with van der Waals surface area (Å²) in [6, 6.07) is 12.3. The zero-order valence-electron chi connectivity index (χ0n) is 14.4. The van der Waals surface area contributed by atoms with E-state index in [2.05, 4.69) is 10.2 Å². The van der Waals surface area contributed by atoms with Crippen molar-refractivity contribution in [3.63, 3.8) is 0 Å². The van der Waals surface area contributed by atoms with Gasteiger partial charge < -0.3 is 14.8 Å². The molecule has 0 saturated heterocycles. The highest BCUT2D eigenvalue weighted by Gasteiger charge is 2.30. The van der Waals surface area contributed by atoms with E-state index in [4.69, 9.17) is 9.47 Å². The van der Waals surface area contributed by atoms with Crippen LogP contribution in [-0.2, 0) is 11.3 Å². The van der Waals surface area contributed by atoms with Crippen molar-refractivity contribution in [1.82, 2.24) is 4.90 Å². The molecule has 6 heteroatoms. The lowest BCUT2D eigenvalue weighted by Gasteiger charge is -2.22. The first kappa shape index (κ1) is 16.8. The lowest BCUT2D eigenvalue weighted by Crippen LogP contribution is -2.34. The number of carbonyl (C=O) groups is 1. The van der Waals surface area contributed by atoms with E-state index in [0.29, 0.717) is 43.0 Å². The van der Waals surface area contributed by atoms with Gasteiger partial charge in [0.2, 0.25) is 5.91 Å². The van der Waals surface area contributed by atoms with Crippen molar-refractivity contribution in [2.24, 2.45) is 0 Å². The molecule has 2 aromatic carbocycles. The van der Waals surface area contributed by atoms with Crippen LogP contribution >= 0.6 is 0 Å². The Balaban J connectivity index is 1.39. The van der Waals surface area contributed by atoms with Gasteiger partial charge in [-0.1, -0.05) is 12.1 Å². The lowest BCUT2D eigenvalue weighted by molar-refractivity contribution is -0.117. The largest absolute Gasteiger partial charge is 0.486 e. The molecule has 0 atom stereocenters. The van der Waals surface area contributed by atoms with Crippen molar-refractivity contribution in [3.05, 3.63) is 53.8 Å². The van der Waals surface area contributed by atoms with Gasteiger partial charge in [0, 0.05) is 24.3 Å². The molecule has 1 saturated carbocycles. The van der Waals surface area contributed by atoms with Crippen LogP contribution in [0.2, 0.25) is 0 Å². The fourth-order valence-electron chi connectivity index (χ4n) is 3.13. The predicted molar refractivity (Wildman–Crippen MR) is 95.9 cm³/mol. The van der Waals surface area contributed by atoms with Crippen LogP contribution in [0.1, 0.15) is 18.4 Å². The Labute approximate surface area is 151 Å². The summed E-state index contributed by atoms with van der Waals surface area (Å²) in [6.07, 6.45) is 2.15. The van der Waals surface area contributed by atoms with Gasteiger partial charge in [-0.05, 0) is 42.7 Å². The number of fused-ring (bicyclic) bond motifs is 1. The third kappa shape index (κ3) is 4.14. The number of benzene rings is 2. The number of anilines is 1. The second-order valence-corrected chi connectivity index (χ2v) is 6.67. The highest BCUT2D eigenvalue weighted by atomic mass is 19.1. The van der Waals surface area contributed by atoms with Crippen LogP contribution in [0, 0.1) is 5.82 Å². The molecule has 0 aromatic heterocycles. The summed E-state index contributed by atoms with van der Waals surface area (Å²) in [5.41, 5.74) is 1.56. The zero-order valence-corrected chi connectivity index (χ0v) is 14.4. The van der Waals surface area contributed by atoms with E-state index in [-0.39, 0.29) is 18.3 Å². The quantitative estimate of drug-likeness (QED) is 0.864. The standard InChI is InChI=1S/C20H21FN2O3/c21-15-3-1-2-14(10-15)12-23(17-5-6-17)13-20(24)22-16-4-7-18-19(11-16)26-9-8-25-18/h1-4,7,10-11,17H,5-6,8-9,12-13H2,(H,22,24).